The van der Waals surface area contributed by atoms with Crippen molar-refractivity contribution < 1.29 is 22.0 Å². The SMILES string of the molecule is CCC1CCC(NC(=O)c2ccc(C(c3cc(F)ccc3F)S(=O)(=O)c3ccc(Cl)cc3)nc2)CC1. The highest BCUT2D eigenvalue weighted by Gasteiger charge is 2.34. The zero-order chi connectivity index (χ0) is 25.9. The van der Waals surface area contributed by atoms with E-state index in [9.17, 15) is 22.0 Å². The average molecular weight is 533 g/mol. The van der Waals surface area contributed by atoms with E-state index < -0.39 is 26.7 Å². The van der Waals surface area contributed by atoms with Gasteiger partial charge in [0.1, 0.15) is 16.9 Å². The molecular weight excluding hydrogens is 506 g/mol. The van der Waals surface area contributed by atoms with Gasteiger partial charge in [-0.15, -0.1) is 0 Å². The molecule has 1 fully saturated rings. The second kappa shape index (κ2) is 11.0. The molecule has 1 heterocycles. The quantitative estimate of drug-likeness (QED) is 0.389. The highest BCUT2D eigenvalue weighted by molar-refractivity contribution is 7.91. The smallest absolute Gasteiger partial charge is 0.253 e. The van der Waals surface area contributed by atoms with Gasteiger partial charge in [0.05, 0.1) is 16.2 Å². The van der Waals surface area contributed by atoms with E-state index in [2.05, 4.69) is 17.2 Å². The summed E-state index contributed by atoms with van der Waals surface area (Å²) in [6.07, 6.45) is 6.37. The van der Waals surface area contributed by atoms with E-state index in [4.69, 9.17) is 11.6 Å². The molecule has 1 N–H and O–H groups in total. The molecule has 0 spiro atoms. The van der Waals surface area contributed by atoms with Crippen LogP contribution in [0.5, 0.6) is 0 Å². The minimum atomic E-state index is -4.26. The number of amides is 1. The first-order valence-electron chi connectivity index (χ1n) is 11.9. The standard InChI is InChI=1S/C27H27ClF2N2O3S/c1-2-17-3-9-21(10-4-17)32-27(33)18-5-14-25(31-16-18)26(23-15-20(29)8-13-24(23)30)36(34,35)22-11-6-19(28)7-12-22/h5-8,11-17,21,26H,2-4,9-10H2,1H3,(H,32,33). The molecule has 1 atom stereocenters. The Morgan fingerprint density at radius 1 is 1.06 bits per heavy atom. The molecule has 1 aliphatic carbocycles. The molecule has 3 aromatic rings. The third-order valence-electron chi connectivity index (χ3n) is 6.77. The number of halogens is 3. The number of benzene rings is 2. The van der Waals surface area contributed by atoms with Crippen LogP contribution in [0.1, 0.15) is 65.9 Å². The number of nitrogens with zero attached hydrogens (tertiary/aromatic N) is 1. The second-order valence-corrected chi connectivity index (χ2v) is 11.6. The molecule has 0 bridgehead atoms. The molecule has 0 radical (unpaired) electrons. The molecule has 1 unspecified atom stereocenters. The Hall–Kier alpha value is -2.84. The molecule has 0 saturated heterocycles. The molecule has 5 nitrogen and oxygen atoms in total. The van der Waals surface area contributed by atoms with Gasteiger partial charge in [0.2, 0.25) is 0 Å². The summed E-state index contributed by atoms with van der Waals surface area (Å²) in [5, 5.41) is 1.72. The Morgan fingerprint density at radius 2 is 1.75 bits per heavy atom. The first-order chi connectivity index (χ1) is 17.2. The summed E-state index contributed by atoms with van der Waals surface area (Å²) < 4.78 is 56.0. The van der Waals surface area contributed by atoms with Crippen LogP contribution in [0.2, 0.25) is 5.02 Å². The fourth-order valence-electron chi connectivity index (χ4n) is 4.64. The van der Waals surface area contributed by atoms with Crippen molar-refractivity contribution in [3.63, 3.8) is 0 Å². The minimum absolute atomic E-state index is 0.0329. The highest BCUT2D eigenvalue weighted by atomic mass is 35.5. The highest BCUT2D eigenvalue weighted by Crippen LogP contribution is 2.36. The summed E-state index contributed by atoms with van der Waals surface area (Å²) in [4.78, 5) is 16.9. The van der Waals surface area contributed by atoms with E-state index in [0.29, 0.717) is 10.9 Å². The molecule has 1 aromatic heterocycles. The Bertz CT molecular complexity index is 1320. The van der Waals surface area contributed by atoms with Crippen molar-refractivity contribution in [2.45, 2.75) is 55.2 Å². The van der Waals surface area contributed by atoms with E-state index in [1.54, 1.807) is 0 Å². The summed E-state index contributed by atoms with van der Waals surface area (Å²) in [5.41, 5.74) is -0.143. The molecular formula is C27H27ClF2N2O3S. The van der Waals surface area contributed by atoms with E-state index in [0.717, 1.165) is 50.3 Å². The third kappa shape index (κ3) is 5.76. The number of hydrogen-bond donors (Lipinski definition) is 1. The lowest BCUT2D eigenvalue weighted by molar-refractivity contribution is 0.0921. The topological polar surface area (TPSA) is 76.1 Å². The predicted molar refractivity (Wildman–Crippen MR) is 135 cm³/mol. The molecule has 190 valence electrons. The summed E-state index contributed by atoms with van der Waals surface area (Å²) in [6, 6.07) is 11.0. The predicted octanol–water partition coefficient (Wildman–Crippen LogP) is 6.28. The zero-order valence-corrected chi connectivity index (χ0v) is 21.3. The normalized spacial score (nSPS) is 19.0. The zero-order valence-electron chi connectivity index (χ0n) is 19.8. The lowest BCUT2D eigenvalue weighted by atomic mass is 9.84. The van der Waals surface area contributed by atoms with Crippen molar-refractivity contribution in [2.75, 3.05) is 0 Å². The largest absolute Gasteiger partial charge is 0.349 e. The average Bonchev–Trinajstić information content (AvgIpc) is 2.87. The molecule has 1 aliphatic rings. The maximum absolute atomic E-state index is 14.8. The number of nitrogens with one attached hydrogen (secondary N) is 1. The molecule has 4 rings (SSSR count). The van der Waals surface area contributed by atoms with Gasteiger partial charge < -0.3 is 5.32 Å². The van der Waals surface area contributed by atoms with E-state index in [1.165, 1.54) is 42.6 Å². The van der Waals surface area contributed by atoms with Crippen LogP contribution in [0.4, 0.5) is 8.78 Å². The third-order valence-corrected chi connectivity index (χ3v) is 9.07. The van der Waals surface area contributed by atoms with Crippen molar-refractivity contribution >= 4 is 27.3 Å². The van der Waals surface area contributed by atoms with Crippen LogP contribution in [-0.2, 0) is 9.84 Å². The summed E-state index contributed by atoms with van der Waals surface area (Å²) in [7, 11) is -4.26. The van der Waals surface area contributed by atoms with Crippen molar-refractivity contribution in [3.8, 4) is 0 Å². The lowest BCUT2D eigenvalue weighted by Crippen LogP contribution is -2.37. The maximum atomic E-state index is 14.8. The molecule has 2 aromatic carbocycles. The number of hydrogen-bond acceptors (Lipinski definition) is 4. The number of aromatic nitrogens is 1. The van der Waals surface area contributed by atoms with Crippen LogP contribution in [0, 0.1) is 17.6 Å². The molecule has 9 heteroatoms. The van der Waals surface area contributed by atoms with Gasteiger partial charge in [0.25, 0.3) is 5.91 Å². The van der Waals surface area contributed by atoms with Gasteiger partial charge >= 0.3 is 0 Å². The first kappa shape index (κ1) is 26.2. The van der Waals surface area contributed by atoms with Crippen molar-refractivity contribution in [1.82, 2.24) is 10.3 Å². The van der Waals surface area contributed by atoms with E-state index in [-0.39, 0.29) is 33.7 Å². The van der Waals surface area contributed by atoms with Gasteiger partial charge in [-0.25, -0.2) is 17.2 Å². The first-order valence-corrected chi connectivity index (χ1v) is 13.8. The van der Waals surface area contributed by atoms with Crippen LogP contribution in [0.3, 0.4) is 0 Å². The minimum Gasteiger partial charge on any atom is -0.349 e. The number of sulfone groups is 1. The Kier molecular flexibility index (Phi) is 8.05. The monoisotopic (exact) mass is 532 g/mol. The Balaban J connectivity index is 1.64. The van der Waals surface area contributed by atoms with Crippen molar-refractivity contribution in [3.05, 3.63) is 94.3 Å². The van der Waals surface area contributed by atoms with Gasteiger partial charge in [0, 0.05) is 22.8 Å². The Morgan fingerprint density at radius 3 is 2.36 bits per heavy atom. The molecule has 1 amide bonds. The van der Waals surface area contributed by atoms with E-state index in [1.807, 2.05) is 0 Å². The van der Waals surface area contributed by atoms with Crippen molar-refractivity contribution in [1.29, 1.82) is 0 Å². The maximum Gasteiger partial charge on any atom is 0.253 e. The van der Waals surface area contributed by atoms with Gasteiger partial charge in [-0.2, -0.15) is 0 Å². The van der Waals surface area contributed by atoms with Crippen LogP contribution in [0.25, 0.3) is 0 Å². The van der Waals surface area contributed by atoms with Gasteiger partial charge in [-0.05, 0) is 86.2 Å². The second-order valence-electron chi connectivity index (χ2n) is 9.12. The molecule has 36 heavy (non-hydrogen) atoms. The summed E-state index contributed by atoms with van der Waals surface area (Å²) in [6.45, 7) is 2.17. The van der Waals surface area contributed by atoms with Crippen LogP contribution >= 0.6 is 11.6 Å². The van der Waals surface area contributed by atoms with Gasteiger partial charge in [0.15, 0.2) is 9.84 Å². The van der Waals surface area contributed by atoms with Crippen LogP contribution < -0.4 is 5.32 Å². The fraction of sp³-hybridized carbons (Fsp3) is 0.333. The summed E-state index contributed by atoms with van der Waals surface area (Å²) >= 11 is 5.90. The lowest BCUT2D eigenvalue weighted by Gasteiger charge is -2.28. The Labute approximate surface area is 214 Å². The number of rotatable bonds is 7. The van der Waals surface area contributed by atoms with Crippen LogP contribution in [-0.4, -0.2) is 25.4 Å². The number of carbonyl (C=O) groups is 1. The fourth-order valence-corrected chi connectivity index (χ4v) is 6.53. The molecule has 1 saturated carbocycles. The van der Waals surface area contributed by atoms with Crippen molar-refractivity contribution in [2.24, 2.45) is 5.92 Å². The van der Waals surface area contributed by atoms with Gasteiger partial charge in [-0.1, -0.05) is 24.9 Å². The van der Waals surface area contributed by atoms with Crippen LogP contribution in [0.15, 0.2) is 65.7 Å². The number of pyridine rings is 1. The van der Waals surface area contributed by atoms with E-state index >= 15 is 0 Å². The molecule has 0 aliphatic heterocycles. The number of carbonyl (C=O) groups excluding carboxylic acids is 1. The summed E-state index contributed by atoms with van der Waals surface area (Å²) in [5.74, 6) is -1.27. The van der Waals surface area contributed by atoms with Gasteiger partial charge in [-0.3, -0.25) is 9.78 Å².